The van der Waals surface area contributed by atoms with Crippen LogP contribution < -0.4 is 14.4 Å². The van der Waals surface area contributed by atoms with E-state index in [2.05, 4.69) is 26.0 Å². The Kier molecular flexibility index (Phi) is 5.92. The molecule has 1 aliphatic rings. The largest absolute Gasteiger partial charge is 0.497 e. The zero-order valence-corrected chi connectivity index (χ0v) is 18.5. The minimum Gasteiger partial charge on any atom is -0.497 e. The van der Waals surface area contributed by atoms with Gasteiger partial charge in [0, 0.05) is 18.2 Å². The molecule has 30 heavy (non-hydrogen) atoms. The summed E-state index contributed by atoms with van der Waals surface area (Å²) in [5.41, 5.74) is 3.77. The number of amides is 1. The first-order valence-electron chi connectivity index (χ1n) is 10.0. The van der Waals surface area contributed by atoms with E-state index in [0.29, 0.717) is 28.7 Å². The molecule has 1 unspecified atom stereocenters. The molecule has 7 heteroatoms. The number of aromatic nitrogens is 1. The lowest BCUT2D eigenvalue weighted by molar-refractivity contribution is 0.0917. The van der Waals surface area contributed by atoms with Gasteiger partial charge < -0.3 is 14.2 Å². The lowest BCUT2D eigenvalue weighted by Gasteiger charge is -2.23. The second-order valence-corrected chi connectivity index (χ2v) is 8.51. The van der Waals surface area contributed by atoms with Crippen molar-refractivity contribution in [3.05, 3.63) is 47.0 Å². The Balaban J connectivity index is 1.76. The maximum Gasteiger partial charge on any atom is 0.260 e. The molecule has 2 aromatic carbocycles. The van der Waals surface area contributed by atoms with Crippen LogP contribution in [0.15, 0.2) is 30.3 Å². The first-order valence-corrected chi connectivity index (χ1v) is 10.8. The van der Waals surface area contributed by atoms with Crippen molar-refractivity contribution in [1.29, 1.82) is 0 Å². The average Bonchev–Trinajstić information content (AvgIpc) is 3.43. The van der Waals surface area contributed by atoms with Crippen LogP contribution in [0.3, 0.4) is 0 Å². The van der Waals surface area contributed by atoms with Crippen molar-refractivity contribution in [2.75, 3.05) is 32.3 Å². The summed E-state index contributed by atoms with van der Waals surface area (Å²) in [6, 6.07) is 9.39. The fourth-order valence-electron chi connectivity index (χ4n) is 3.66. The van der Waals surface area contributed by atoms with E-state index in [4.69, 9.17) is 19.2 Å². The Morgan fingerprint density at radius 3 is 2.57 bits per heavy atom. The van der Waals surface area contributed by atoms with Crippen LogP contribution in [0.4, 0.5) is 5.13 Å². The van der Waals surface area contributed by atoms with E-state index in [0.717, 1.165) is 35.2 Å². The van der Waals surface area contributed by atoms with E-state index in [9.17, 15) is 4.79 Å². The fourth-order valence-corrected chi connectivity index (χ4v) is 4.69. The topological polar surface area (TPSA) is 60.9 Å². The van der Waals surface area contributed by atoms with Gasteiger partial charge in [-0.2, -0.15) is 0 Å². The van der Waals surface area contributed by atoms with E-state index in [1.54, 1.807) is 37.3 Å². The van der Waals surface area contributed by atoms with Gasteiger partial charge in [-0.3, -0.25) is 9.69 Å². The first kappa shape index (κ1) is 20.6. The van der Waals surface area contributed by atoms with Gasteiger partial charge in [-0.25, -0.2) is 4.98 Å². The molecule has 1 aromatic heterocycles. The highest BCUT2D eigenvalue weighted by atomic mass is 32.1. The Hall–Kier alpha value is -2.64. The molecular formula is C23H26N2O4S. The second-order valence-electron chi connectivity index (χ2n) is 7.50. The maximum atomic E-state index is 13.6. The van der Waals surface area contributed by atoms with Crippen LogP contribution in [-0.4, -0.2) is 44.4 Å². The van der Waals surface area contributed by atoms with Gasteiger partial charge in [-0.15, -0.1) is 0 Å². The van der Waals surface area contributed by atoms with Crippen LogP contribution in [0.5, 0.6) is 11.5 Å². The molecule has 158 valence electrons. The molecule has 1 aliphatic heterocycles. The number of fused-ring (bicyclic) bond motifs is 1. The van der Waals surface area contributed by atoms with E-state index in [1.807, 2.05) is 0 Å². The Morgan fingerprint density at radius 2 is 1.93 bits per heavy atom. The number of anilines is 1. The second kappa shape index (κ2) is 8.62. The van der Waals surface area contributed by atoms with Gasteiger partial charge in [0.1, 0.15) is 11.5 Å². The predicted octanol–water partition coefficient (Wildman–Crippen LogP) is 4.76. The van der Waals surface area contributed by atoms with Crippen molar-refractivity contribution < 1.29 is 19.0 Å². The normalized spacial score (nSPS) is 16.1. The number of aryl methyl sites for hydroxylation is 2. The summed E-state index contributed by atoms with van der Waals surface area (Å²) < 4.78 is 17.6. The number of benzene rings is 2. The molecule has 0 N–H and O–H groups in total. The zero-order chi connectivity index (χ0) is 21.3. The summed E-state index contributed by atoms with van der Waals surface area (Å²) >= 11 is 1.53. The van der Waals surface area contributed by atoms with Crippen LogP contribution in [-0.2, 0) is 4.74 Å². The lowest BCUT2D eigenvalue weighted by atomic mass is 10.1. The summed E-state index contributed by atoms with van der Waals surface area (Å²) in [4.78, 5) is 20.2. The Morgan fingerprint density at radius 1 is 1.20 bits per heavy atom. The van der Waals surface area contributed by atoms with Crippen molar-refractivity contribution in [2.24, 2.45) is 0 Å². The van der Waals surface area contributed by atoms with Crippen molar-refractivity contribution >= 4 is 32.6 Å². The number of hydrogen-bond acceptors (Lipinski definition) is 6. The summed E-state index contributed by atoms with van der Waals surface area (Å²) in [7, 11) is 3.15. The SMILES string of the molecule is COc1cc(OC)cc(C(=O)N(CC2CCCO2)c2nc3c(C)c(C)ccc3s2)c1. The molecule has 6 nitrogen and oxygen atoms in total. The highest BCUT2D eigenvalue weighted by Crippen LogP contribution is 2.34. The molecule has 0 aliphatic carbocycles. The highest BCUT2D eigenvalue weighted by Gasteiger charge is 2.28. The highest BCUT2D eigenvalue weighted by molar-refractivity contribution is 7.22. The molecule has 0 saturated carbocycles. The summed E-state index contributed by atoms with van der Waals surface area (Å²) in [6.07, 6.45) is 1.96. The number of thiazole rings is 1. The molecular weight excluding hydrogens is 400 g/mol. The van der Waals surface area contributed by atoms with Crippen LogP contribution in [0.2, 0.25) is 0 Å². The van der Waals surface area contributed by atoms with Crippen molar-refractivity contribution in [3.8, 4) is 11.5 Å². The minimum atomic E-state index is -0.142. The number of hydrogen-bond donors (Lipinski definition) is 0. The smallest absolute Gasteiger partial charge is 0.260 e. The lowest BCUT2D eigenvalue weighted by Crippen LogP contribution is -2.37. The molecule has 3 aromatic rings. The van der Waals surface area contributed by atoms with Gasteiger partial charge in [-0.05, 0) is 56.0 Å². The predicted molar refractivity (Wildman–Crippen MR) is 119 cm³/mol. The average molecular weight is 427 g/mol. The van der Waals surface area contributed by atoms with Gasteiger partial charge in [0.15, 0.2) is 5.13 Å². The van der Waals surface area contributed by atoms with Crippen molar-refractivity contribution in [1.82, 2.24) is 4.98 Å². The van der Waals surface area contributed by atoms with Gasteiger partial charge in [0.2, 0.25) is 0 Å². The monoisotopic (exact) mass is 426 g/mol. The molecule has 0 bridgehead atoms. The Labute approximate surface area is 180 Å². The molecule has 1 atom stereocenters. The number of ether oxygens (including phenoxy) is 3. The van der Waals surface area contributed by atoms with Gasteiger partial charge in [0.25, 0.3) is 5.91 Å². The molecule has 0 spiro atoms. The Bertz CT molecular complexity index is 1050. The van der Waals surface area contributed by atoms with Crippen LogP contribution in [0.1, 0.15) is 34.3 Å². The van der Waals surface area contributed by atoms with E-state index in [1.165, 1.54) is 16.9 Å². The van der Waals surface area contributed by atoms with Crippen molar-refractivity contribution in [2.45, 2.75) is 32.8 Å². The van der Waals surface area contributed by atoms with Crippen molar-refractivity contribution in [3.63, 3.8) is 0 Å². The van der Waals surface area contributed by atoms with E-state index in [-0.39, 0.29) is 12.0 Å². The van der Waals surface area contributed by atoms with Crippen LogP contribution in [0, 0.1) is 13.8 Å². The summed E-state index contributed by atoms with van der Waals surface area (Å²) in [5, 5.41) is 0.681. The first-order chi connectivity index (χ1) is 14.5. The van der Waals surface area contributed by atoms with Gasteiger partial charge in [-0.1, -0.05) is 17.4 Å². The third kappa shape index (κ3) is 4.00. The molecule has 0 radical (unpaired) electrons. The standard InChI is InChI=1S/C23H26N2O4S/c1-14-7-8-20-21(15(14)2)24-23(30-20)25(13-17-6-5-9-29-17)22(26)16-10-18(27-3)12-19(11-16)28-4/h7-8,10-12,17H,5-6,9,13H2,1-4H3. The quantitative estimate of drug-likeness (QED) is 0.569. The van der Waals surface area contributed by atoms with Crippen LogP contribution >= 0.6 is 11.3 Å². The third-order valence-electron chi connectivity index (χ3n) is 5.56. The number of nitrogens with zero attached hydrogens (tertiary/aromatic N) is 2. The molecule has 1 fully saturated rings. The molecule has 1 amide bonds. The third-order valence-corrected chi connectivity index (χ3v) is 6.60. The molecule has 4 rings (SSSR count). The van der Waals surface area contributed by atoms with Gasteiger partial charge in [0.05, 0.1) is 37.1 Å². The zero-order valence-electron chi connectivity index (χ0n) is 17.7. The minimum absolute atomic E-state index is 0.0105. The number of rotatable bonds is 6. The van der Waals surface area contributed by atoms with E-state index < -0.39 is 0 Å². The number of carbonyl (C=O) groups excluding carboxylic acids is 1. The number of carbonyl (C=O) groups is 1. The van der Waals surface area contributed by atoms with E-state index >= 15 is 0 Å². The number of methoxy groups -OCH3 is 2. The summed E-state index contributed by atoms with van der Waals surface area (Å²) in [6.45, 7) is 5.35. The van der Waals surface area contributed by atoms with Gasteiger partial charge >= 0.3 is 0 Å². The fraction of sp³-hybridized carbons (Fsp3) is 0.391. The maximum absolute atomic E-state index is 13.6. The molecule has 2 heterocycles. The van der Waals surface area contributed by atoms with Crippen LogP contribution in [0.25, 0.3) is 10.2 Å². The molecule has 1 saturated heterocycles. The summed E-state index contributed by atoms with van der Waals surface area (Å²) in [5.74, 6) is 1.01.